The lowest BCUT2D eigenvalue weighted by molar-refractivity contribution is -0.128. The van der Waals surface area contributed by atoms with Crippen molar-refractivity contribution in [3.63, 3.8) is 0 Å². The van der Waals surface area contributed by atoms with Gasteiger partial charge in [-0.2, -0.15) is 0 Å². The number of rotatable bonds is 7. The van der Waals surface area contributed by atoms with Crippen LogP contribution in [0.25, 0.3) is 0 Å². The number of amides is 2. The van der Waals surface area contributed by atoms with E-state index in [4.69, 9.17) is 16.3 Å². The average molecular weight is 503 g/mol. The first kappa shape index (κ1) is 23.3. The Balaban J connectivity index is 1.37. The molecule has 180 valence electrons. The highest BCUT2D eigenvalue weighted by Gasteiger charge is 2.56. The average Bonchev–Trinajstić information content (AvgIpc) is 3.47. The van der Waals surface area contributed by atoms with Crippen LogP contribution in [-0.4, -0.2) is 56.2 Å². The van der Waals surface area contributed by atoms with Gasteiger partial charge in [0.2, 0.25) is 5.91 Å². The Morgan fingerprint density at radius 3 is 2.53 bits per heavy atom. The van der Waals surface area contributed by atoms with E-state index in [9.17, 15) is 18.0 Å². The van der Waals surface area contributed by atoms with Crippen molar-refractivity contribution in [1.29, 1.82) is 0 Å². The lowest BCUT2D eigenvalue weighted by Crippen LogP contribution is -2.51. The van der Waals surface area contributed by atoms with Gasteiger partial charge in [0.05, 0.1) is 29.9 Å². The van der Waals surface area contributed by atoms with Crippen molar-refractivity contribution in [1.82, 2.24) is 10.2 Å². The minimum absolute atomic E-state index is 0.0238. The number of nitrogens with one attached hydrogen (secondary N) is 1. The molecule has 2 saturated heterocycles. The molecule has 9 heteroatoms. The fourth-order valence-corrected chi connectivity index (χ4v) is 6.01. The standard InChI is InChI=1S/C25H27ClN2O5S/c1-2-34(31,32)20-5-3-4-16(10-20)25(30)28-21-11-17(21)12-22(28)24(29)27-23(18-13-33-14-18)15-6-8-19(26)9-7-15/h3-10,17-18,21-23H,2,11-14H2,1H3,(H,27,29)/t17-,21-,22-,23+/m1/s1. The zero-order valence-electron chi connectivity index (χ0n) is 18.8. The Kier molecular flexibility index (Phi) is 6.16. The Morgan fingerprint density at radius 2 is 1.88 bits per heavy atom. The normalized spacial score (nSPS) is 24.8. The molecule has 1 saturated carbocycles. The van der Waals surface area contributed by atoms with Gasteiger partial charge in [0.25, 0.3) is 5.91 Å². The molecule has 1 N–H and O–H groups in total. The molecule has 2 aliphatic heterocycles. The first-order valence-electron chi connectivity index (χ1n) is 11.6. The van der Waals surface area contributed by atoms with Gasteiger partial charge in [0.15, 0.2) is 9.84 Å². The predicted molar refractivity (Wildman–Crippen MR) is 127 cm³/mol. The van der Waals surface area contributed by atoms with Crippen molar-refractivity contribution >= 4 is 33.3 Å². The van der Waals surface area contributed by atoms with Gasteiger partial charge in [0, 0.05) is 22.5 Å². The Hall–Kier alpha value is -2.42. The van der Waals surface area contributed by atoms with Crippen molar-refractivity contribution in [2.75, 3.05) is 19.0 Å². The number of hydrogen-bond acceptors (Lipinski definition) is 5. The smallest absolute Gasteiger partial charge is 0.254 e. The molecule has 2 heterocycles. The van der Waals surface area contributed by atoms with E-state index in [2.05, 4.69) is 5.32 Å². The summed E-state index contributed by atoms with van der Waals surface area (Å²) in [5.74, 6) is -0.0661. The Labute approximate surface area is 204 Å². The van der Waals surface area contributed by atoms with Crippen LogP contribution in [0.4, 0.5) is 0 Å². The summed E-state index contributed by atoms with van der Waals surface area (Å²) in [6, 6.07) is 12.7. The lowest BCUT2D eigenvalue weighted by atomic mass is 9.91. The van der Waals surface area contributed by atoms with Gasteiger partial charge in [-0.15, -0.1) is 0 Å². The number of benzene rings is 2. The molecular weight excluding hydrogens is 476 g/mol. The molecule has 0 bridgehead atoms. The van der Waals surface area contributed by atoms with Crippen molar-refractivity contribution < 1.29 is 22.7 Å². The number of ether oxygens (including phenoxy) is 1. The summed E-state index contributed by atoms with van der Waals surface area (Å²) in [5, 5.41) is 3.79. The molecule has 7 nitrogen and oxygen atoms in total. The van der Waals surface area contributed by atoms with E-state index in [-0.39, 0.29) is 40.5 Å². The number of carbonyl (C=O) groups is 2. The summed E-state index contributed by atoms with van der Waals surface area (Å²) in [5.41, 5.74) is 1.24. The van der Waals surface area contributed by atoms with Crippen LogP contribution in [0.1, 0.15) is 41.7 Å². The third-order valence-corrected chi connectivity index (χ3v) is 9.11. The quantitative estimate of drug-likeness (QED) is 0.627. The molecule has 1 aliphatic carbocycles. The molecule has 0 aromatic heterocycles. The molecule has 3 fully saturated rings. The lowest BCUT2D eigenvalue weighted by Gasteiger charge is -2.36. The third-order valence-electron chi connectivity index (χ3n) is 7.12. The number of nitrogens with zero attached hydrogens (tertiary/aromatic N) is 1. The van der Waals surface area contributed by atoms with Gasteiger partial charge < -0.3 is 15.0 Å². The maximum Gasteiger partial charge on any atom is 0.254 e. The van der Waals surface area contributed by atoms with Crippen molar-refractivity contribution in [2.45, 2.75) is 42.8 Å². The SMILES string of the molecule is CCS(=O)(=O)c1cccc(C(=O)N2[C@@H](C(=O)N[C@@H](c3ccc(Cl)cc3)C3COC3)C[C@H]3C[C@H]32)c1. The molecule has 3 aliphatic rings. The molecule has 0 spiro atoms. The van der Waals surface area contributed by atoms with Crippen molar-refractivity contribution in [3.05, 3.63) is 64.7 Å². The highest BCUT2D eigenvalue weighted by atomic mass is 35.5. The second kappa shape index (κ2) is 8.98. The highest BCUT2D eigenvalue weighted by molar-refractivity contribution is 7.91. The van der Waals surface area contributed by atoms with Crippen LogP contribution >= 0.6 is 11.6 Å². The first-order chi connectivity index (χ1) is 16.3. The number of carbonyl (C=O) groups excluding carboxylic acids is 2. The van der Waals surface area contributed by atoms with Gasteiger partial charge in [-0.25, -0.2) is 8.42 Å². The van der Waals surface area contributed by atoms with Crippen LogP contribution in [0, 0.1) is 11.8 Å². The van der Waals surface area contributed by atoms with E-state index in [1.54, 1.807) is 36.1 Å². The third kappa shape index (κ3) is 4.34. The monoisotopic (exact) mass is 502 g/mol. The number of likely N-dealkylation sites (tertiary alicyclic amines) is 1. The molecule has 0 radical (unpaired) electrons. The summed E-state index contributed by atoms with van der Waals surface area (Å²) in [4.78, 5) is 28.7. The van der Waals surface area contributed by atoms with Gasteiger partial charge in [-0.05, 0) is 54.7 Å². The first-order valence-corrected chi connectivity index (χ1v) is 13.6. The largest absolute Gasteiger partial charge is 0.381 e. The number of hydrogen-bond donors (Lipinski definition) is 1. The molecule has 4 atom stereocenters. The van der Waals surface area contributed by atoms with E-state index in [0.717, 1.165) is 12.0 Å². The molecular formula is C25H27ClN2O5S. The molecule has 2 aromatic rings. The van der Waals surface area contributed by atoms with Gasteiger partial charge in [-0.3, -0.25) is 9.59 Å². The van der Waals surface area contributed by atoms with Crippen molar-refractivity contribution in [3.8, 4) is 0 Å². The van der Waals surface area contributed by atoms with Crippen LogP contribution in [0.2, 0.25) is 5.02 Å². The van der Waals surface area contributed by atoms with Crippen LogP contribution < -0.4 is 5.32 Å². The molecule has 5 rings (SSSR count). The number of halogens is 1. The predicted octanol–water partition coefficient (Wildman–Crippen LogP) is 3.24. The molecule has 2 aromatic carbocycles. The maximum atomic E-state index is 13.5. The molecule has 0 unspecified atom stereocenters. The van der Waals surface area contributed by atoms with Crippen LogP contribution in [-0.2, 0) is 19.4 Å². The molecule has 2 amide bonds. The number of sulfone groups is 1. The topological polar surface area (TPSA) is 92.8 Å². The number of fused-ring (bicyclic) bond motifs is 1. The summed E-state index contributed by atoms with van der Waals surface area (Å²) in [6.07, 6.45) is 1.49. The van der Waals surface area contributed by atoms with Crippen LogP contribution in [0.3, 0.4) is 0 Å². The van der Waals surface area contributed by atoms with E-state index < -0.39 is 15.9 Å². The minimum Gasteiger partial charge on any atom is -0.381 e. The Bertz CT molecular complexity index is 1210. The second-order valence-corrected chi connectivity index (χ2v) is 12.0. The van der Waals surface area contributed by atoms with E-state index in [1.165, 1.54) is 12.1 Å². The minimum atomic E-state index is -3.44. The maximum absolute atomic E-state index is 13.5. The second-order valence-electron chi connectivity index (χ2n) is 9.29. The van der Waals surface area contributed by atoms with E-state index >= 15 is 0 Å². The van der Waals surface area contributed by atoms with Gasteiger partial charge >= 0.3 is 0 Å². The number of piperidine rings is 1. The summed E-state index contributed by atoms with van der Waals surface area (Å²) in [7, 11) is -3.44. The van der Waals surface area contributed by atoms with Gasteiger partial charge in [-0.1, -0.05) is 36.7 Å². The fourth-order valence-electron chi connectivity index (χ4n) is 4.96. The van der Waals surface area contributed by atoms with E-state index in [1.807, 2.05) is 12.1 Å². The van der Waals surface area contributed by atoms with E-state index in [0.29, 0.717) is 36.1 Å². The summed E-state index contributed by atoms with van der Waals surface area (Å²) < 4.78 is 30.0. The van der Waals surface area contributed by atoms with Crippen LogP contribution in [0.5, 0.6) is 0 Å². The van der Waals surface area contributed by atoms with Gasteiger partial charge in [0.1, 0.15) is 6.04 Å². The zero-order chi connectivity index (χ0) is 24.0. The van der Waals surface area contributed by atoms with Crippen LogP contribution in [0.15, 0.2) is 53.4 Å². The zero-order valence-corrected chi connectivity index (χ0v) is 20.4. The summed E-state index contributed by atoms with van der Waals surface area (Å²) >= 11 is 6.04. The van der Waals surface area contributed by atoms with Crippen molar-refractivity contribution in [2.24, 2.45) is 11.8 Å². The molecule has 34 heavy (non-hydrogen) atoms. The Morgan fingerprint density at radius 1 is 1.15 bits per heavy atom. The summed E-state index contributed by atoms with van der Waals surface area (Å²) in [6.45, 7) is 2.69. The fraction of sp³-hybridized carbons (Fsp3) is 0.440. The highest BCUT2D eigenvalue weighted by Crippen LogP contribution is 2.48.